The van der Waals surface area contributed by atoms with E-state index in [1.165, 1.54) is 0 Å². The first-order valence-corrected chi connectivity index (χ1v) is 8.53. The Morgan fingerprint density at radius 1 is 1.24 bits per heavy atom. The van der Waals surface area contributed by atoms with E-state index in [-0.39, 0.29) is 19.1 Å². The number of likely N-dealkylation sites (tertiary alicyclic amines) is 1. The molecular formula is C18H28N2O5. The molecule has 7 nitrogen and oxygen atoms in total. The summed E-state index contributed by atoms with van der Waals surface area (Å²) in [6.07, 6.45) is 1.81. The molecule has 1 saturated heterocycles. The van der Waals surface area contributed by atoms with Crippen LogP contribution in [0.2, 0.25) is 0 Å². The number of hydrogen-bond acceptors (Lipinski definition) is 6. The molecule has 1 atom stereocenters. The maximum absolute atomic E-state index is 12.2. The summed E-state index contributed by atoms with van der Waals surface area (Å²) in [5.74, 6) is 1.22. The number of carbonyl (C=O) groups excluding carboxylic acids is 1. The fraction of sp³-hybridized carbons (Fsp3) is 0.611. The number of hydrogen-bond donors (Lipinski definition) is 3. The number of aliphatic hydroxyl groups is 2. The predicted octanol–water partition coefficient (Wildman–Crippen LogP) is 0.529. The summed E-state index contributed by atoms with van der Waals surface area (Å²) in [6.45, 7) is 1.81. The first kappa shape index (κ1) is 19.5. The Hall–Kier alpha value is -1.83. The van der Waals surface area contributed by atoms with Crippen molar-refractivity contribution in [1.29, 1.82) is 0 Å². The second-order valence-corrected chi connectivity index (χ2v) is 6.48. The predicted molar refractivity (Wildman–Crippen MR) is 93.7 cm³/mol. The minimum absolute atomic E-state index is 0.0655. The third-order valence-electron chi connectivity index (χ3n) is 4.61. The Morgan fingerprint density at radius 2 is 2.00 bits per heavy atom. The Bertz CT molecular complexity index is 581. The van der Waals surface area contributed by atoms with Gasteiger partial charge < -0.3 is 25.0 Å². The fourth-order valence-electron chi connectivity index (χ4n) is 3.00. The lowest BCUT2D eigenvalue weighted by Crippen LogP contribution is -2.39. The van der Waals surface area contributed by atoms with Crippen molar-refractivity contribution in [2.75, 3.05) is 40.5 Å². The van der Waals surface area contributed by atoms with Crippen LogP contribution in [0, 0.1) is 0 Å². The van der Waals surface area contributed by atoms with Crippen molar-refractivity contribution >= 4 is 5.91 Å². The molecular weight excluding hydrogens is 324 g/mol. The molecule has 1 aliphatic rings. The average Bonchev–Trinajstić information content (AvgIpc) is 2.82. The van der Waals surface area contributed by atoms with E-state index in [0.717, 1.165) is 18.5 Å². The van der Waals surface area contributed by atoms with E-state index in [4.69, 9.17) is 9.47 Å². The molecule has 0 bridgehead atoms. The molecule has 7 heteroatoms. The van der Waals surface area contributed by atoms with Gasteiger partial charge in [-0.25, -0.2) is 0 Å². The quantitative estimate of drug-likeness (QED) is 0.663. The maximum Gasteiger partial charge on any atom is 0.234 e. The summed E-state index contributed by atoms with van der Waals surface area (Å²) >= 11 is 0. The zero-order valence-corrected chi connectivity index (χ0v) is 15.0. The third kappa shape index (κ3) is 5.59. The summed E-state index contributed by atoms with van der Waals surface area (Å²) in [5, 5.41) is 22.3. The van der Waals surface area contributed by atoms with E-state index in [1.54, 1.807) is 14.2 Å². The van der Waals surface area contributed by atoms with Crippen molar-refractivity contribution < 1.29 is 24.5 Å². The second kappa shape index (κ2) is 9.03. The minimum Gasteiger partial charge on any atom is -0.493 e. The fourth-order valence-corrected chi connectivity index (χ4v) is 3.00. The Morgan fingerprint density at radius 3 is 2.68 bits per heavy atom. The summed E-state index contributed by atoms with van der Waals surface area (Å²) in [7, 11) is 3.16. The molecule has 0 saturated carbocycles. The van der Waals surface area contributed by atoms with Crippen LogP contribution >= 0.6 is 0 Å². The van der Waals surface area contributed by atoms with Crippen LogP contribution in [0.5, 0.6) is 11.5 Å². The molecule has 2 rings (SSSR count). The van der Waals surface area contributed by atoms with Gasteiger partial charge in [-0.3, -0.25) is 9.69 Å². The lowest BCUT2D eigenvalue weighted by Gasteiger charge is -2.24. The van der Waals surface area contributed by atoms with Gasteiger partial charge in [-0.2, -0.15) is 0 Å². The van der Waals surface area contributed by atoms with Gasteiger partial charge in [-0.15, -0.1) is 0 Å². The van der Waals surface area contributed by atoms with E-state index in [2.05, 4.69) is 5.32 Å². The zero-order valence-electron chi connectivity index (χ0n) is 15.0. The number of aliphatic hydroxyl groups excluding tert-OH is 1. The molecule has 0 aliphatic carbocycles. The van der Waals surface area contributed by atoms with Crippen molar-refractivity contribution in [3.8, 4) is 11.5 Å². The number of nitrogens with one attached hydrogen (secondary N) is 1. The van der Waals surface area contributed by atoms with Crippen LogP contribution < -0.4 is 14.8 Å². The van der Waals surface area contributed by atoms with Crippen LogP contribution in [-0.4, -0.2) is 67.1 Å². The number of amides is 1. The molecule has 1 aromatic carbocycles. The Balaban J connectivity index is 1.83. The molecule has 0 aromatic heterocycles. The van der Waals surface area contributed by atoms with Gasteiger partial charge in [0.2, 0.25) is 5.91 Å². The number of nitrogens with zero attached hydrogens (tertiary/aromatic N) is 1. The van der Waals surface area contributed by atoms with E-state index < -0.39 is 5.60 Å². The van der Waals surface area contributed by atoms with Gasteiger partial charge in [0, 0.05) is 13.1 Å². The van der Waals surface area contributed by atoms with E-state index in [1.807, 2.05) is 23.1 Å². The van der Waals surface area contributed by atoms with Crippen molar-refractivity contribution in [1.82, 2.24) is 10.2 Å². The molecule has 0 radical (unpaired) electrons. The lowest BCUT2D eigenvalue weighted by molar-refractivity contribution is -0.122. The van der Waals surface area contributed by atoms with E-state index in [9.17, 15) is 15.0 Å². The highest BCUT2D eigenvalue weighted by molar-refractivity contribution is 5.78. The lowest BCUT2D eigenvalue weighted by atomic mass is 9.96. The third-order valence-corrected chi connectivity index (χ3v) is 4.61. The van der Waals surface area contributed by atoms with Crippen molar-refractivity contribution in [3.05, 3.63) is 23.8 Å². The highest BCUT2D eigenvalue weighted by Gasteiger charge is 2.29. The number of ether oxygens (including phenoxy) is 2. The van der Waals surface area contributed by atoms with Crippen molar-refractivity contribution in [2.45, 2.75) is 31.4 Å². The number of rotatable bonds is 7. The van der Waals surface area contributed by atoms with Crippen LogP contribution in [0.15, 0.2) is 18.2 Å². The van der Waals surface area contributed by atoms with Crippen molar-refractivity contribution in [3.63, 3.8) is 0 Å². The SMILES string of the molecule is COc1ccc(CNC(=O)CN2CCCC(O)(CO)CC2)cc1OC. The first-order valence-electron chi connectivity index (χ1n) is 8.53. The zero-order chi connectivity index (χ0) is 18.3. The summed E-state index contributed by atoms with van der Waals surface area (Å²) in [4.78, 5) is 14.2. The molecule has 25 heavy (non-hydrogen) atoms. The van der Waals surface area contributed by atoms with Crippen LogP contribution in [-0.2, 0) is 11.3 Å². The Kier molecular flexibility index (Phi) is 7.04. The van der Waals surface area contributed by atoms with Gasteiger partial charge in [-0.1, -0.05) is 6.07 Å². The molecule has 1 aliphatic heterocycles. The first-order chi connectivity index (χ1) is 12.0. The molecule has 1 unspecified atom stereocenters. The monoisotopic (exact) mass is 352 g/mol. The average molecular weight is 352 g/mol. The highest BCUT2D eigenvalue weighted by Crippen LogP contribution is 2.27. The van der Waals surface area contributed by atoms with Crippen molar-refractivity contribution in [2.24, 2.45) is 0 Å². The Labute approximate surface area is 148 Å². The van der Waals surface area contributed by atoms with E-state index >= 15 is 0 Å². The molecule has 1 aromatic rings. The summed E-state index contributed by atoms with van der Waals surface area (Å²) in [6, 6.07) is 5.53. The number of benzene rings is 1. The van der Waals surface area contributed by atoms with Crippen LogP contribution in [0.4, 0.5) is 0 Å². The van der Waals surface area contributed by atoms with Crippen LogP contribution in [0.1, 0.15) is 24.8 Å². The van der Waals surface area contributed by atoms with Gasteiger partial charge in [0.1, 0.15) is 0 Å². The minimum atomic E-state index is -1.01. The normalized spacial score (nSPS) is 21.4. The van der Waals surface area contributed by atoms with Gasteiger partial charge >= 0.3 is 0 Å². The van der Waals surface area contributed by atoms with Crippen LogP contribution in [0.25, 0.3) is 0 Å². The van der Waals surface area contributed by atoms with E-state index in [0.29, 0.717) is 37.4 Å². The smallest absolute Gasteiger partial charge is 0.234 e. The molecule has 3 N–H and O–H groups in total. The number of carbonyl (C=O) groups is 1. The highest BCUT2D eigenvalue weighted by atomic mass is 16.5. The summed E-state index contributed by atoms with van der Waals surface area (Å²) < 4.78 is 10.5. The van der Waals surface area contributed by atoms with Gasteiger partial charge in [0.05, 0.1) is 33.0 Å². The second-order valence-electron chi connectivity index (χ2n) is 6.48. The van der Waals surface area contributed by atoms with Gasteiger partial charge in [0.25, 0.3) is 0 Å². The standard InChI is InChI=1S/C18H28N2O5/c1-24-15-5-4-14(10-16(15)25-2)11-19-17(22)12-20-8-3-6-18(23,13-21)7-9-20/h4-5,10,21,23H,3,6-9,11-13H2,1-2H3,(H,19,22). The maximum atomic E-state index is 12.2. The van der Waals surface area contributed by atoms with Gasteiger partial charge in [0.15, 0.2) is 11.5 Å². The largest absolute Gasteiger partial charge is 0.493 e. The molecule has 140 valence electrons. The molecule has 0 spiro atoms. The number of methoxy groups -OCH3 is 2. The van der Waals surface area contributed by atoms with Gasteiger partial charge in [-0.05, 0) is 43.5 Å². The topological polar surface area (TPSA) is 91.3 Å². The molecule has 1 heterocycles. The molecule has 1 fully saturated rings. The molecule has 1 amide bonds. The van der Waals surface area contributed by atoms with Crippen LogP contribution in [0.3, 0.4) is 0 Å². The summed E-state index contributed by atoms with van der Waals surface area (Å²) in [5.41, 5.74) is -0.0817.